The standard InChI is InChI=1S/C20H24N4O3/c21-18(14-7-10-27-11-8-14)20(26)24-16-6-3-4-15(12-16)19(25)23-13-17-5-1-2-9-22-17/h1-6,9,12,14,18H,7-8,10-11,13,21H2,(H,23,25)(H,24,26). The van der Waals surface area contributed by atoms with Crippen molar-refractivity contribution in [2.45, 2.75) is 25.4 Å². The van der Waals surface area contributed by atoms with Crippen molar-refractivity contribution in [3.05, 3.63) is 59.9 Å². The molecule has 1 aliphatic rings. The number of nitrogens with two attached hydrogens (primary N) is 1. The van der Waals surface area contributed by atoms with E-state index in [0.717, 1.165) is 18.5 Å². The second-order valence-electron chi connectivity index (χ2n) is 6.55. The van der Waals surface area contributed by atoms with Crippen LogP contribution in [0, 0.1) is 5.92 Å². The number of rotatable bonds is 6. The Hall–Kier alpha value is -2.77. The van der Waals surface area contributed by atoms with Crippen LogP contribution in [0.25, 0.3) is 0 Å². The molecule has 2 aromatic rings. The van der Waals surface area contributed by atoms with Gasteiger partial charge in [-0.2, -0.15) is 0 Å². The molecule has 1 aromatic heterocycles. The Kier molecular flexibility index (Phi) is 6.51. The lowest BCUT2D eigenvalue weighted by Crippen LogP contribution is -2.44. The van der Waals surface area contributed by atoms with Crippen LogP contribution in [-0.4, -0.2) is 36.1 Å². The number of aromatic nitrogens is 1. The fraction of sp³-hybridized carbons (Fsp3) is 0.350. The lowest BCUT2D eigenvalue weighted by molar-refractivity contribution is -0.119. The number of benzene rings is 1. The second-order valence-corrected chi connectivity index (χ2v) is 6.55. The number of hydrogen-bond donors (Lipinski definition) is 3. The topological polar surface area (TPSA) is 106 Å². The van der Waals surface area contributed by atoms with Crippen LogP contribution < -0.4 is 16.4 Å². The zero-order valence-corrected chi connectivity index (χ0v) is 15.1. The maximum absolute atomic E-state index is 12.4. The average molecular weight is 368 g/mol. The second kappa shape index (κ2) is 9.25. The largest absolute Gasteiger partial charge is 0.381 e. The molecule has 0 bridgehead atoms. The SMILES string of the molecule is NC(C(=O)Nc1cccc(C(=O)NCc2ccccn2)c1)C1CCOCC1. The number of carbonyl (C=O) groups is 2. The maximum Gasteiger partial charge on any atom is 0.251 e. The highest BCUT2D eigenvalue weighted by molar-refractivity contribution is 5.98. The fourth-order valence-corrected chi connectivity index (χ4v) is 3.03. The maximum atomic E-state index is 12.4. The van der Waals surface area contributed by atoms with Gasteiger partial charge in [0.15, 0.2) is 0 Å². The lowest BCUT2D eigenvalue weighted by atomic mass is 9.92. The zero-order chi connectivity index (χ0) is 19.1. The van der Waals surface area contributed by atoms with Gasteiger partial charge in [-0.15, -0.1) is 0 Å². The van der Waals surface area contributed by atoms with Crippen LogP contribution in [0.1, 0.15) is 28.9 Å². The summed E-state index contributed by atoms with van der Waals surface area (Å²) in [6, 6.07) is 11.7. The number of pyridine rings is 1. The van der Waals surface area contributed by atoms with Gasteiger partial charge in [-0.1, -0.05) is 12.1 Å². The third kappa shape index (κ3) is 5.35. The molecule has 0 aliphatic carbocycles. The van der Waals surface area contributed by atoms with Gasteiger partial charge in [0.05, 0.1) is 18.3 Å². The van der Waals surface area contributed by atoms with Crippen molar-refractivity contribution < 1.29 is 14.3 Å². The Morgan fingerprint density at radius 3 is 2.74 bits per heavy atom. The lowest BCUT2D eigenvalue weighted by Gasteiger charge is -2.26. The highest BCUT2D eigenvalue weighted by Crippen LogP contribution is 2.19. The van der Waals surface area contributed by atoms with Gasteiger partial charge in [-0.05, 0) is 49.1 Å². The Bertz CT molecular complexity index is 776. The molecule has 1 aromatic carbocycles. The van der Waals surface area contributed by atoms with Crippen molar-refractivity contribution in [2.24, 2.45) is 11.7 Å². The molecule has 7 nitrogen and oxygen atoms in total. The van der Waals surface area contributed by atoms with Crippen LogP contribution in [0.2, 0.25) is 0 Å². The number of nitrogens with one attached hydrogen (secondary N) is 2. The first-order valence-electron chi connectivity index (χ1n) is 9.06. The van der Waals surface area contributed by atoms with Crippen molar-refractivity contribution in [1.82, 2.24) is 10.3 Å². The van der Waals surface area contributed by atoms with E-state index >= 15 is 0 Å². The molecule has 1 fully saturated rings. The van der Waals surface area contributed by atoms with Crippen LogP contribution in [0.4, 0.5) is 5.69 Å². The summed E-state index contributed by atoms with van der Waals surface area (Å²) < 4.78 is 5.31. The number of amides is 2. The minimum absolute atomic E-state index is 0.114. The zero-order valence-electron chi connectivity index (χ0n) is 15.1. The molecular formula is C20H24N4O3. The van der Waals surface area contributed by atoms with E-state index in [1.807, 2.05) is 18.2 Å². The molecule has 1 atom stereocenters. The van der Waals surface area contributed by atoms with Crippen molar-refractivity contribution >= 4 is 17.5 Å². The minimum atomic E-state index is -0.587. The van der Waals surface area contributed by atoms with Crippen LogP contribution in [0.3, 0.4) is 0 Å². The summed E-state index contributed by atoms with van der Waals surface area (Å²) in [5.41, 5.74) is 7.88. The molecule has 7 heteroatoms. The van der Waals surface area contributed by atoms with E-state index in [0.29, 0.717) is 31.0 Å². The van der Waals surface area contributed by atoms with Gasteiger partial charge in [0.2, 0.25) is 5.91 Å². The summed E-state index contributed by atoms with van der Waals surface area (Å²) in [7, 11) is 0. The van der Waals surface area contributed by atoms with Gasteiger partial charge in [0, 0.05) is 30.7 Å². The molecule has 0 spiro atoms. The summed E-state index contributed by atoms with van der Waals surface area (Å²) in [6.45, 7) is 1.61. The molecule has 3 rings (SSSR count). The van der Waals surface area contributed by atoms with Gasteiger partial charge in [-0.3, -0.25) is 14.6 Å². The van der Waals surface area contributed by atoms with Crippen LogP contribution in [0.5, 0.6) is 0 Å². The number of carbonyl (C=O) groups excluding carboxylic acids is 2. The molecule has 1 unspecified atom stereocenters. The Balaban J connectivity index is 1.57. The van der Waals surface area contributed by atoms with E-state index in [4.69, 9.17) is 10.5 Å². The molecule has 1 aliphatic heterocycles. The van der Waals surface area contributed by atoms with Crippen molar-refractivity contribution in [1.29, 1.82) is 0 Å². The van der Waals surface area contributed by atoms with Gasteiger partial charge >= 0.3 is 0 Å². The molecule has 4 N–H and O–H groups in total. The fourth-order valence-electron chi connectivity index (χ4n) is 3.03. The molecule has 1 saturated heterocycles. The van der Waals surface area contributed by atoms with E-state index in [1.165, 1.54) is 0 Å². The smallest absolute Gasteiger partial charge is 0.251 e. The number of anilines is 1. The van der Waals surface area contributed by atoms with Gasteiger partial charge in [0.1, 0.15) is 0 Å². The normalized spacial score (nSPS) is 15.7. The first-order chi connectivity index (χ1) is 13.1. The average Bonchev–Trinajstić information content (AvgIpc) is 2.73. The molecule has 0 radical (unpaired) electrons. The summed E-state index contributed by atoms with van der Waals surface area (Å²) in [4.78, 5) is 28.9. The summed E-state index contributed by atoms with van der Waals surface area (Å²) in [6.07, 6.45) is 3.24. The Morgan fingerprint density at radius 1 is 1.19 bits per heavy atom. The third-order valence-electron chi connectivity index (χ3n) is 4.63. The van der Waals surface area contributed by atoms with E-state index in [2.05, 4.69) is 15.6 Å². The summed E-state index contributed by atoms with van der Waals surface area (Å²) in [5.74, 6) is -0.359. The molecular weight excluding hydrogens is 344 g/mol. The van der Waals surface area contributed by atoms with Gasteiger partial charge in [0.25, 0.3) is 5.91 Å². The van der Waals surface area contributed by atoms with Crippen LogP contribution >= 0.6 is 0 Å². The Labute approximate surface area is 158 Å². The predicted octanol–water partition coefficient (Wildman–Crippen LogP) is 1.70. The third-order valence-corrected chi connectivity index (χ3v) is 4.63. The van der Waals surface area contributed by atoms with Crippen molar-refractivity contribution in [3.63, 3.8) is 0 Å². The summed E-state index contributed by atoms with van der Waals surface area (Å²) >= 11 is 0. The van der Waals surface area contributed by atoms with Crippen molar-refractivity contribution in [3.8, 4) is 0 Å². The molecule has 27 heavy (non-hydrogen) atoms. The van der Waals surface area contributed by atoms with Gasteiger partial charge < -0.3 is 21.1 Å². The number of hydrogen-bond acceptors (Lipinski definition) is 5. The minimum Gasteiger partial charge on any atom is -0.381 e. The first-order valence-corrected chi connectivity index (χ1v) is 9.06. The quantitative estimate of drug-likeness (QED) is 0.720. The first kappa shape index (κ1) is 19.0. The van der Waals surface area contributed by atoms with Crippen molar-refractivity contribution in [2.75, 3.05) is 18.5 Å². The monoisotopic (exact) mass is 368 g/mol. The van der Waals surface area contributed by atoms with E-state index in [9.17, 15) is 9.59 Å². The van der Waals surface area contributed by atoms with E-state index < -0.39 is 6.04 Å². The molecule has 2 amide bonds. The summed E-state index contributed by atoms with van der Waals surface area (Å²) in [5, 5.41) is 5.63. The van der Waals surface area contributed by atoms with E-state index in [1.54, 1.807) is 30.5 Å². The highest BCUT2D eigenvalue weighted by atomic mass is 16.5. The Morgan fingerprint density at radius 2 is 2.00 bits per heavy atom. The van der Waals surface area contributed by atoms with Crippen LogP contribution in [-0.2, 0) is 16.1 Å². The highest BCUT2D eigenvalue weighted by Gasteiger charge is 2.26. The number of ether oxygens (including phenoxy) is 1. The molecule has 142 valence electrons. The van der Waals surface area contributed by atoms with Gasteiger partial charge in [-0.25, -0.2) is 0 Å². The van der Waals surface area contributed by atoms with E-state index in [-0.39, 0.29) is 17.7 Å². The number of nitrogens with zero attached hydrogens (tertiary/aromatic N) is 1. The molecule has 0 saturated carbocycles. The molecule has 2 heterocycles. The van der Waals surface area contributed by atoms with Crippen LogP contribution in [0.15, 0.2) is 48.7 Å². The predicted molar refractivity (Wildman–Crippen MR) is 102 cm³/mol.